The van der Waals surface area contributed by atoms with Gasteiger partial charge in [-0.05, 0) is 92.9 Å². The second-order valence-corrected chi connectivity index (χ2v) is 8.91. The van der Waals surface area contributed by atoms with E-state index in [-0.39, 0.29) is 5.91 Å². The summed E-state index contributed by atoms with van der Waals surface area (Å²) in [6.07, 6.45) is 5.70. The minimum Gasteiger partial charge on any atom is -0.481 e. The fourth-order valence-electron chi connectivity index (χ4n) is 4.73. The normalized spacial score (nSPS) is 16.1. The van der Waals surface area contributed by atoms with E-state index < -0.39 is 0 Å². The quantitative estimate of drug-likeness (QED) is 0.600. The molecule has 1 fully saturated rings. The number of aromatic nitrogens is 2. The van der Waals surface area contributed by atoms with Gasteiger partial charge >= 0.3 is 0 Å². The highest BCUT2D eigenvalue weighted by atomic mass is 16.5. The van der Waals surface area contributed by atoms with E-state index in [0.29, 0.717) is 34.6 Å². The lowest BCUT2D eigenvalue weighted by atomic mass is 9.87. The lowest BCUT2D eigenvalue weighted by Gasteiger charge is -2.30. The summed E-state index contributed by atoms with van der Waals surface area (Å²) in [5, 5.41) is 7.35. The minimum atomic E-state index is -0.308. The van der Waals surface area contributed by atoms with Crippen LogP contribution in [0.2, 0.25) is 0 Å². The van der Waals surface area contributed by atoms with Crippen molar-refractivity contribution >= 4 is 23.5 Å². The molecule has 2 aliphatic rings. The second-order valence-electron chi connectivity index (χ2n) is 8.91. The molecular formula is C27H28N5O2. The minimum absolute atomic E-state index is 0.308. The molecule has 5 rings (SSSR count). The number of amides is 1. The van der Waals surface area contributed by atoms with Gasteiger partial charge in [0.05, 0.1) is 24.1 Å². The van der Waals surface area contributed by atoms with Crippen LogP contribution in [0.15, 0.2) is 48.7 Å². The number of hydrogen-bond acceptors (Lipinski definition) is 6. The molecule has 7 heteroatoms. The van der Waals surface area contributed by atoms with Gasteiger partial charge in [0.1, 0.15) is 5.82 Å². The molecule has 2 aromatic heterocycles. The second kappa shape index (κ2) is 9.27. The van der Waals surface area contributed by atoms with Crippen LogP contribution in [0.1, 0.15) is 45.8 Å². The van der Waals surface area contributed by atoms with Crippen molar-refractivity contribution in [2.45, 2.75) is 25.7 Å². The summed E-state index contributed by atoms with van der Waals surface area (Å²) in [5.41, 5.74) is 6.08. The number of carbonyl (C=O) groups excluding carboxylic acids is 1. The van der Waals surface area contributed by atoms with Gasteiger partial charge in [0.2, 0.25) is 5.88 Å². The zero-order chi connectivity index (χ0) is 23.7. The largest absolute Gasteiger partial charge is 0.481 e. The van der Waals surface area contributed by atoms with Gasteiger partial charge in [0, 0.05) is 18.0 Å². The highest BCUT2D eigenvalue weighted by molar-refractivity contribution is 6.05. The monoisotopic (exact) mass is 454 g/mol. The maximum absolute atomic E-state index is 12.7. The number of ether oxygens (including phenoxy) is 1. The van der Waals surface area contributed by atoms with Crippen molar-refractivity contribution in [2.75, 3.05) is 32.6 Å². The Bertz CT molecular complexity index is 1260. The molecular weight excluding hydrogens is 426 g/mol. The van der Waals surface area contributed by atoms with E-state index in [1.807, 2.05) is 24.3 Å². The molecule has 1 saturated heterocycles. The van der Waals surface area contributed by atoms with E-state index in [9.17, 15) is 4.79 Å². The highest BCUT2D eigenvalue weighted by Gasteiger charge is 2.24. The zero-order valence-electron chi connectivity index (χ0n) is 19.7. The summed E-state index contributed by atoms with van der Waals surface area (Å²) in [7, 11) is 3.77. The van der Waals surface area contributed by atoms with Crippen molar-refractivity contribution < 1.29 is 9.53 Å². The lowest BCUT2D eigenvalue weighted by molar-refractivity contribution is 0.0965. The fourth-order valence-corrected chi connectivity index (χ4v) is 4.73. The van der Waals surface area contributed by atoms with Crippen LogP contribution in [0.3, 0.4) is 0 Å². The number of rotatable bonds is 5. The number of pyridine rings is 2. The molecule has 0 atom stereocenters. The van der Waals surface area contributed by atoms with Crippen LogP contribution in [-0.2, 0) is 0 Å². The van der Waals surface area contributed by atoms with Gasteiger partial charge in [0.15, 0.2) is 0 Å². The van der Waals surface area contributed by atoms with E-state index in [1.54, 1.807) is 13.2 Å². The summed E-state index contributed by atoms with van der Waals surface area (Å²) in [6.45, 7) is 4.41. The number of nitrogens with one attached hydrogen (secondary N) is 1. The number of piperidine rings is 1. The number of anilines is 2. The molecule has 0 unspecified atom stereocenters. The van der Waals surface area contributed by atoms with Crippen LogP contribution < -0.4 is 15.4 Å². The van der Waals surface area contributed by atoms with Crippen LogP contribution in [0.5, 0.6) is 5.88 Å². The van der Waals surface area contributed by atoms with Crippen molar-refractivity contribution in [3.63, 3.8) is 0 Å². The molecule has 1 amide bonds. The Labute approximate surface area is 199 Å². The van der Waals surface area contributed by atoms with E-state index in [2.05, 4.69) is 52.7 Å². The van der Waals surface area contributed by atoms with Crippen molar-refractivity contribution in [1.29, 1.82) is 0 Å². The number of likely N-dealkylation sites (tertiary alicyclic amines) is 1. The molecule has 1 aromatic carbocycles. The molecule has 1 radical (unpaired) electrons. The van der Waals surface area contributed by atoms with Gasteiger partial charge in [-0.2, -0.15) is 0 Å². The van der Waals surface area contributed by atoms with Gasteiger partial charge in [-0.1, -0.05) is 12.1 Å². The number of benzene rings is 1. The highest BCUT2D eigenvalue weighted by Crippen LogP contribution is 2.34. The first-order valence-electron chi connectivity index (χ1n) is 11.6. The average Bonchev–Trinajstić information content (AvgIpc) is 2.85. The number of methoxy groups -OCH3 is 1. The van der Waals surface area contributed by atoms with Gasteiger partial charge in [-0.15, -0.1) is 0 Å². The average molecular weight is 455 g/mol. The maximum Gasteiger partial charge on any atom is 0.281 e. The van der Waals surface area contributed by atoms with Crippen LogP contribution in [0.4, 0.5) is 11.5 Å². The molecule has 7 nitrogen and oxygen atoms in total. The molecule has 34 heavy (non-hydrogen) atoms. The molecule has 0 aliphatic carbocycles. The smallest absolute Gasteiger partial charge is 0.281 e. The summed E-state index contributed by atoms with van der Waals surface area (Å²) in [5.74, 6) is 1.26. The number of nitrogens with zero attached hydrogens (tertiary/aromatic N) is 4. The molecule has 3 aromatic rings. The Morgan fingerprint density at radius 1 is 1.06 bits per heavy atom. The number of carbonyl (C=O) groups is 1. The Balaban J connectivity index is 1.50. The summed E-state index contributed by atoms with van der Waals surface area (Å²) in [4.78, 5) is 24.3. The third-order valence-electron chi connectivity index (χ3n) is 6.60. The third-order valence-corrected chi connectivity index (χ3v) is 6.60. The van der Waals surface area contributed by atoms with Gasteiger partial charge in [-0.25, -0.2) is 15.3 Å². The van der Waals surface area contributed by atoms with Crippen molar-refractivity contribution in [3.05, 3.63) is 70.9 Å². The molecule has 0 spiro atoms. The van der Waals surface area contributed by atoms with Crippen LogP contribution in [0, 0.1) is 6.92 Å². The number of fused-ring (bicyclic) bond motifs is 1. The topological polar surface area (TPSA) is 81.5 Å². The maximum atomic E-state index is 12.7. The molecule has 2 aliphatic heterocycles. The molecule has 0 saturated carbocycles. The van der Waals surface area contributed by atoms with E-state index in [4.69, 9.17) is 9.72 Å². The fraction of sp³-hybridized carbons (Fsp3) is 0.296. The first kappa shape index (κ1) is 22.1. The first-order valence-corrected chi connectivity index (χ1v) is 11.6. The summed E-state index contributed by atoms with van der Waals surface area (Å²) >= 11 is 0. The van der Waals surface area contributed by atoms with Crippen molar-refractivity contribution in [3.8, 4) is 17.3 Å². The molecule has 173 valence electrons. The Kier molecular flexibility index (Phi) is 6.02. The first-order chi connectivity index (χ1) is 16.5. The zero-order valence-corrected chi connectivity index (χ0v) is 19.7. The molecule has 0 bridgehead atoms. The summed E-state index contributed by atoms with van der Waals surface area (Å²) in [6, 6.07) is 13.8. The van der Waals surface area contributed by atoms with Gasteiger partial charge in [0.25, 0.3) is 5.91 Å². The van der Waals surface area contributed by atoms with Gasteiger partial charge in [-0.3, -0.25) is 4.79 Å². The van der Waals surface area contributed by atoms with Gasteiger partial charge < -0.3 is 15.0 Å². The third kappa shape index (κ3) is 4.39. The van der Waals surface area contributed by atoms with Crippen LogP contribution in [0.25, 0.3) is 17.5 Å². The number of hydrogen-bond donors (Lipinski definition) is 1. The standard InChI is InChI=1S/C27H28N5O2/c1-17-15-20(7-8-21(17)18-10-13-32(2)14-11-18)29-26-25-19(9-12-28-27(25)33)16-23(31-26)22-5-4-6-24(30-22)34-3/h4-9,12,15-16,18H,10-11,13-14H2,1-3H3,(H,29,31). The van der Waals surface area contributed by atoms with Crippen molar-refractivity contribution in [1.82, 2.24) is 20.2 Å². The summed E-state index contributed by atoms with van der Waals surface area (Å²) < 4.78 is 5.27. The predicted molar refractivity (Wildman–Crippen MR) is 133 cm³/mol. The van der Waals surface area contributed by atoms with Crippen LogP contribution >= 0.6 is 0 Å². The molecule has 1 N–H and O–H groups in total. The SMILES string of the molecule is COc1cccc(-c2cc3c(c(Nc4ccc(C5CCN(C)CC5)c(C)c4)n2)C(=O)[N]C=C3)n1. The van der Waals surface area contributed by atoms with E-state index in [0.717, 1.165) is 24.3 Å². The predicted octanol–water partition coefficient (Wildman–Crippen LogP) is 4.74. The van der Waals surface area contributed by atoms with E-state index >= 15 is 0 Å². The Hall–Kier alpha value is -3.71. The van der Waals surface area contributed by atoms with Crippen LogP contribution in [-0.4, -0.2) is 48.0 Å². The Morgan fingerprint density at radius 2 is 1.88 bits per heavy atom. The Morgan fingerprint density at radius 3 is 2.65 bits per heavy atom. The van der Waals surface area contributed by atoms with Crippen molar-refractivity contribution in [2.24, 2.45) is 0 Å². The number of aryl methyl sites for hydroxylation is 1. The lowest BCUT2D eigenvalue weighted by Crippen LogP contribution is -2.29. The molecule has 4 heterocycles. The van der Waals surface area contributed by atoms with E-state index in [1.165, 1.54) is 30.2 Å².